The lowest BCUT2D eigenvalue weighted by atomic mass is 10.0. The van der Waals surface area contributed by atoms with E-state index in [4.69, 9.17) is 15.6 Å². The van der Waals surface area contributed by atoms with Gasteiger partial charge < -0.3 is 20.9 Å². The fourth-order valence-electron chi connectivity index (χ4n) is 3.40. The van der Waals surface area contributed by atoms with Crippen molar-refractivity contribution < 1.29 is 19.4 Å². The molecule has 0 aromatic rings. The quantitative estimate of drug-likeness (QED) is 0.207. The summed E-state index contributed by atoms with van der Waals surface area (Å²) in [5.41, 5.74) is 5.40. The number of carbonyl (C=O) groups is 2. The minimum absolute atomic E-state index is 0.346. The normalized spacial score (nSPS) is 11.9. The summed E-state index contributed by atoms with van der Waals surface area (Å²) in [7, 11) is 0. The summed E-state index contributed by atoms with van der Waals surface area (Å²) in [5.74, 6) is -1.03. The van der Waals surface area contributed by atoms with Gasteiger partial charge in [-0.15, -0.1) is 0 Å². The molecule has 0 aliphatic heterocycles. The number of nitrogens with one attached hydrogen (secondary N) is 1. The van der Waals surface area contributed by atoms with Crippen LogP contribution in [0.5, 0.6) is 0 Å². The lowest BCUT2D eigenvalue weighted by Crippen LogP contribution is -2.41. The molecule has 4 N–H and O–H groups in total. The Balaban J connectivity index is 3.42. The zero-order valence-corrected chi connectivity index (χ0v) is 18.8. The maximum Gasteiger partial charge on any atom is 0.407 e. The van der Waals surface area contributed by atoms with E-state index in [0.29, 0.717) is 26.0 Å². The molecule has 1 atom stereocenters. The monoisotopic (exact) mass is 414 g/mol. The van der Waals surface area contributed by atoms with Crippen LogP contribution in [0.2, 0.25) is 0 Å². The van der Waals surface area contributed by atoms with Crippen molar-refractivity contribution in [2.75, 3.05) is 13.2 Å². The van der Waals surface area contributed by atoms with E-state index >= 15 is 0 Å². The van der Waals surface area contributed by atoms with Gasteiger partial charge in [0.25, 0.3) is 0 Å². The number of ether oxygens (including phenoxy) is 1. The number of hydrogen-bond donors (Lipinski definition) is 3. The molecule has 0 aliphatic rings. The summed E-state index contributed by atoms with van der Waals surface area (Å²) >= 11 is 0. The summed E-state index contributed by atoms with van der Waals surface area (Å²) < 4.78 is 5.10. The van der Waals surface area contributed by atoms with Crippen molar-refractivity contribution in [1.82, 2.24) is 5.32 Å². The second kappa shape index (κ2) is 21.4. The molecule has 0 unspecified atom stereocenters. The lowest BCUT2D eigenvalue weighted by Gasteiger charge is -2.14. The zero-order valence-electron chi connectivity index (χ0n) is 18.8. The Morgan fingerprint density at radius 2 is 1.28 bits per heavy atom. The molecule has 0 aromatic carbocycles. The average Bonchev–Trinajstić information content (AvgIpc) is 2.70. The molecule has 0 radical (unpaired) electrons. The van der Waals surface area contributed by atoms with Gasteiger partial charge in [-0.1, -0.05) is 90.4 Å². The molecule has 0 rings (SSSR count). The number of rotatable bonds is 21. The van der Waals surface area contributed by atoms with Gasteiger partial charge in [0.15, 0.2) is 0 Å². The molecule has 0 spiro atoms. The lowest BCUT2D eigenvalue weighted by molar-refractivity contribution is -0.139. The topological polar surface area (TPSA) is 102 Å². The molecule has 6 heteroatoms. The van der Waals surface area contributed by atoms with Crippen molar-refractivity contribution in [2.45, 2.75) is 122 Å². The van der Waals surface area contributed by atoms with Crippen LogP contribution in [0.1, 0.15) is 116 Å². The van der Waals surface area contributed by atoms with E-state index in [0.717, 1.165) is 19.3 Å². The Morgan fingerprint density at radius 3 is 1.72 bits per heavy atom. The molecule has 6 nitrogen and oxygen atoms in total. The van der Waals surface area contributed by atoms with E-state index in [2.05, 4.69) is 12.2 Å². The van der Waals surface area contributed by atoms with Gasteiger partial charge in [-0.3, -0.25) is 0 Å². The molecule has 0 saturated heterocycles. The van der Waals surface area contributed by atoms with E-state index in [-0.39, 0.29) is 0 Å². The second-order valence-corrected chi connectivity index (χ2v) is 8.05. The predicted molar refractivity (Wildman–Crippen MR) is 119 cm³/mol. The SMILES string of the molecule is CCCCCCCCCCCCCCCCOC(=O)N[C@@H](CCCCN)C(=O)O. The van der Waals surface area contributed by atoms with Gasteiger partial charge >= 0.3 is 12.1 Å². The molecular weight excluding hydrogens is 368 g/mol. The number of nitrogens with two attached hydrogens (primary N) is 1. The van der Waals surface area contributed by atoms with Gasteiger partial charge in [-0.2, -0.15) is 0 Å². The zero-order chi connectivity index (χ0) is 21.6. The summed E-state index contributed by atoms with van der Waals surface area (Å²) in [6, 6.07) is -0.898. The van der Waals surface area contributed by atoms with Gasteiger partial charge in [0.2, 0.25) is 0 Å². The highest BCUT2D eigenvalue weighted by Gasteiger charge is 2.19. The van der Waals surface area contributed by atoms with Gasteiger partial charge in [0.05, 0.1) is 6.61 Å². The second-order valence-electron chi connectivity index (χ2n) is 8.05. The maximum absolute atomic E-state index is 11.7. The third kappa shape index (κ3) is 19.8. The Morgan fingerprint density at radius 1 is 0.793 bits per heavy atom. The van der Waals surface area contributed by atoms with Crippen molar-refractivity contribution >= 4 is 12.1 Å². The maximum atomic E-state index is 11.7. The van der Waals surface area contributed by atoms with Crippen LogP contribution in [-0.4, -0.2) is 36.4 Å². The number of alkyl carbamates (subject to hydrolysis) is 1. The highest BCUT2D eigenvalue weighted by atomic mass is 16.5. The molecule has 0 bridgehead atoms. The molecule has 0 aromatic heterocycles. The fraction of sp³-hybridized carbons (Fsp3) is 0.913. The van der Waals surface area contributed by atoms with Crippen LogP contribution in [0.15, 0.2) is 0 Å². The van der Waals surface area contributed by atoms with Gasteiger partial charge in [0.1, 0.15) is 6.04 Å². The van der Waals surface area contributed by atoms with Crippen LogP contribution < -0.4 is 11.1 Å². The summed E-state index contributed by atoms with van der Waals surface area (Å²) in [4.78, 5) is 22.8. The highest BCUT2D eigenvalue weighted by Crippen LogP contribution is 2.13. The Kier molecular flexibility index (Phi) is 20.5. The summed E-state index contributed by atoms with van der Waals surface area (Å²) in [5, 5.41) is 11.5. The van der Waals surface area contributed by atoms with Crippen molar-refractivity contribution in [2.24, 2.45) is 5.73 Å². The van der Waals surface area contributed by atoms with E-state index < -0.39 is 18.1 Å². The van der Waals surface area contributed by atoms with Crippen LogP contribution in [0, 0.1) is 0 Å². The minimum Gasteiger partial charge on any atom is -0.480 e. The molecule has 0 aliphatic carbocycles. The fourth-order valence-corrected chi connectivity index (χ4v) is 3.40. The summed E-state index contributed by atoms with van der Waals surface area (Å²) in [6.45, 7) is 3.13. The van der Waals surface area contributed by atoms with E-state index in [1.54, 1.807) is 0 Å². The number of hydrogen-bond acceptors (Lipinski definition) is 4. The molecule has 29 heavy (non-hydrogen) atoms. The first kappa shape index (κ1) is 27.7. The Bertz CT molecular complexity index is 391. The van der Waals surface area contributed by atoms with Gasteiger partial charge in [-0.25, -0.2) is 9.59 Å². The third-order valence-electron chi connectivity index (χ3n) is 5.27. The van der Waals surface area contributed by atoms with Crippen molar-refractivity contribution in [1.29, 1.82) is 0 Å². The predicted octanol–water partition coefficient (Wildman–Crippen LogP) is 5.78. The van der Waals surface area contributed by atoms with Crippen LogP contribution in [-0.2, 0) is 9.53 Å². The number of aliphatic carboxylic acids is 1. The van der Waals surface area contributed by atoms with Gasteiger partial charge in [-0.05, 0) is 32.2 Å². The average molecular weight is 415 g/mol. The molecule has 0 fully saturated rings. The van der Waals surface area contributed by atoms with E-state index in [9.17, 15) is 9.59 Å². The van der Waals surface area contributed by atoms with Crippen LogP contribution >= 0.6 is 0 Å². The Labute approximate surface area is 178 Å². The smallest absolute Gasteiger partial charge is 0.407 e. The molecule has 0 heterocycles. The number of unbranched alkanes of at least 4 members (excludes halogenated alkanes) is 14. The van der Waals surface area contributed by atoms with Crippen LogP contribution in [0.3, 0.4) is 0 Å². The molecule has 172 valence electrons. The highest BCUT2D eigenvalue weighted by molar-refractivity contribution is 5.79. The number of amides is 1. The Hall–Kier alpha value is -1.30. The number of carbonyl (C=O) groups excluding carboxylic acids is 1. The van der Waals surface area contributed by atoms with E-state index in [1.165, 1.54) is 77.0 Å². The van der Waals surface area contributed by atoms with Crippen molar-refractivity contribution in [3.05, 3.63) is 0 Å². The minimum atomic E-state index is -1.03. The number of carboxylic acid groups (broad SMARTS) is 1. The standard InChI is InChI=1S/C23H46N2O4/c1-2-3-4-5-6-7-8-9-10-11-12-13-14-17-20-29-23(28)25-21(22(26)27)18-15-16-19-24/h21H,2-20,24H2,1H3,(H,25,28)(H,26,27)/t21-/m0/s1. The first-order valence-electron chi connectivity index (χ1n) is 12.0. The van der Waals surface area contributed by atoms with Crippen molar-refractivity contribution in [3.8, 4) is 0 Å². The largest absolute Gasteiger partial charge is 0.480 e. The van der Waals surface area contributed by atoms with Crippen LogP contribution in [0.4, 0.5) is 4.79 Å². The first-order valence-corrected chi connectivity index (χ1v) is 12.0. The van der Waals surface area contributed by atoms with E-state index in [1.807, 2.05) is 0 Å². The third-order valence-corrected chi connectivity index (χ3v) is 5.27. The molecule has 1 amide bonds. The van der Waals surface area contributed by atoms with Crippen LogP contribution in [0.25, 0.3) is 0 Å². The summed E-state index contributed by atoms with van der Waals surface area (Å²) in [6.07, 6.45) is 19.1. The van der Waals surface area contributed by atoms with Crippen molar-refractivity contribution in [3.63, 3.8) is 0 Å². The van der Waals surface area contributed by atoms with Gasteiger partial charge in [0, 0.05) is 0 Å². The molecule has 0 saturated carbocycles. The molecular formula is C23H46N2O4. The number of carboxylic acids is 1. The first-order chi connectivity index (χ1) is 14.1.